The molecule has 1 aliphatic rings. The molecule has 2 heterocycles. The van der Waals surface area contributed by atoms with Crippen molar-refractivity contribution in [2.75, 3.05) is 32.8 Å². The highest BCUT2D eigenvalue weighted by Crippen LogP contribution is 2.22. The van der Waals surface area contributed by atoms with Gasteiger partial charge in [-0.1, -0.05) is 11.6 Å². The van der Waals surface area contributed by atoms with Crippen LogP contribution in [0, 0.1) is 0 Å². The van der Waals surface area contributed by atoms with Crippen molar-refractivity contribution in [2.45, 2.75) is 10.9 Å². The van der Waals surface area contributed by atoms with Crippen LogP contribution in [0.5, 0.6) is 0 Å². The molecule has 1 aliphatic heterocycles. The van der Waals surface area contributed by atoms with E-state index in [0.717, 1.165) is 18.8 Å². The third kappa shape index (κ3) is 4.17. The molecule has 3 rings (SSSR count). The molecular weight excluding hydrogens is 352 g/mol. The largest absolute Gasteiger partial charge is 0.468 e. The lowest BCUT2D eigenvalue weighted by atomic mass is 10.2. The van der Waals surface area contributed by atoms with Crippen molar-refractivity contribution in [3.63, 3.8) is 0 Å². The summed E-state index contributed by atoms with van der Waals surface area (Å²) in [5.74, 6) is 0.732. The highest BCUT2D eigenvalue weighted by atomic mass is 35.5. The van der Waals surface area contributed by atoms with E-state index in [1.807, 2.05) is 6.07 Å². The SMILES string of the molecule is O=S(=O)(NC[C@@H](c1ccco1)N1CCOCC1)c1ccc(Cl)cc1. The number of ether oxygens (including phenoxy) is 1. The van der Waals surface area contributed by atoms with Gasteiger partial charge < -0.3 is 9.15 Å². The van der Waals surface area contributed by atoms with E-state index in [9.17, 15) is 8.42 Å². The summed E-state index contributed by atoms with van der Waals surface area (Å²) in [5.41, 5.74) is 0. The normalized spacial score (nSPS) is 17.7. The zero-order valence-electron chi connectivity index (χ0n) is 13.0. The van der Waals surface area contributed by atoms with E-state index >= 15 is 0 Å². The molecule has 1 aromatic carbocycles. The second kappa shape index (κ2) is 7.67. The van der Waals surface area contributed by atoms with Gasteiger partial charge in [0, 0.05) is 24.7 Å². The molecule has 130 valence electrons. The minimum Gasteiger partial charge on any atom is -0.468 e. The maximum atomic E-state index is 12.5. The highest BCUT2D eigenvalue weighted by Gasteiger charge is 2.26. The molecule has 1 fully saturated rings. The highest BCUT2D eigenvalue weighted by molar-refractivity contribution is 7.89. The van der Waals surface area contributed by atoms with Crippen LogP contribution in [0.25, 0.3) is 0 Å². The summed E-state index contributed by atoms with van der Waals surface area (Å²) < 4.78 is 38.5. The average Bonchev–Trinajstić information content (AvgIpc) is 3.11. The average molecular weight is 371 g/mol. The Labute approximate surface area is 146 Å². The molecule has 8 heteroatoms. The molecule has 24 heavy (non-hydrogen) atoms. The Morgan fingerprint density at radius 2 is 1.88 bits per heavy atom. The van der Waals surface area contributed by atoms with Gasteiger partial charge in [-0.15, -0.1) is 0 Å². The van der Waals surface area contributed by atoms with Gasteiger partial charge in [0.05, 0.1) is 30.4 Å². The summed E-state index contributed by atoms with van der Waals surface area (Å²) in [6, 6.07) is 9.57. The third-order valence-corrected chi connectivity index (χ3v) is 5.64. The Kier molecular flexibility index (Phi) is 5.57. The minimum atomic E-state index is -3.61. The lowest BCUT2D eigenvalue weighted by Crippen LogP contribution is -2.43. The maximum absolute atomic E-state index is 12.5. The molecule has 0 aliphatic carbocycles. The van der Waals surface area contributed by atoms with Crippen molar-refractivity contribution in [2.24, 2.45) is 0 Å². The molecule has 1 saturated heterocycles. The van der Waals surface area contributed by atoms with Gasteiger partial charge in [0.2, 0.25) is 10.0 Å². The summed E-state index contributed by atoms with van der Waals surface area (Å²) in [5, 5.41) is 0.496. The lowest BCUT2D eigenvalue weighted by Gasteiger charge is -2.33. The number of hydrogen-bond acceptors (Lipinski definition) is 5. The molecule has 0 radical (unpaired) electrons. The van der Waals surface area contributed by atoms with Gasteiger partial charge in [0.15, 0.2) is 0 Å². The van der Waals surface area contributed by atoms with E-state index in [2.05, 4.69) is 9.62 Å². The van der Waals surface area contributed by atoms with Gasteiger partial charge >= 0.3 is 0 Å². The Hall–Kier alpha value is -1.38. The fourth-order valence-corrected chi connectivity index (χ4v) is 3.83. The van der Waals surface area contributed by atoms with Crippen molar-refractivity contribution in [1.29, 1.82) is 0 Å². The number of hydrogen-bond donors (Lipinski definition) is 1. The van der Waals surface area contributed by atoms with E-state index in [-0.39, 0.29) is 17.5 Å². The Morgan fingerprint density at radius 3 is 2.50 bits per heavy atom. The van der Waals surface area contributed by atoms with Gasteiger partial charge in [-0.3, -0.25) is 4.90 Å². The molecular formula is C16H19ClN2O4S. The van der Waals surface area contributed by atoms with Gasteiger partial charge in [-0.25, -0.2) is 13.1 Å². The number of halogens is 1. The fourth-order valence-electron chi connectivity index (χ4n) is 2.67. The number of sulfonamides is 1. The number of nitrogens with zero attached hydrogens (tertiary/aromatic N) is 1. The number of benzene rings is 1. The Bertz CT molecular complexity index is 741. The maximum Gasteiger partial charge on any atom is 0.240 e. The van der Waals surface area contributed by atoms with Crippen molar-refractivity contribution in [3.05, 3.63) is 53.4 Å². The molecule has 0 unspecified atom stereocenters. The fraction of sp³-hybridized carbons (Fsp3) is 0.375. The summed E-state index contributed by atoms with van der Waals surface area (Å²) in [6.07, 6.45) is 1.59. The lowest BCUT2D eigenvalue weighted by molar-refractivity contribution is 0.0128. The van der Waals surface area contributed by atoms with Crippen LogP contribution < -0.4 is 4.72 Å². The molecule has 1 aromatic heterocycles. The van der Waals surface area contributed by atoms with Crippen LogP contribution >= 0.6 is 11.6 Å². The molecule has 0 amide bonds. The van der Waals surface area contributed by atoms with Crippen LogP contribution in [0.2, 0.25) is 5.02 Å². The van der Waals surface area contributed by atoms with E-state index < -0.39 is 10.0 Å². The predicted molar refractivity (Wildman–Crippen MR) is 90.5 cm³/mol. The first-order chi connectivity index (χ1) is 11.6. The first-order valence-electron chi connectivity index (χ1n) is 7.67. The van der Waals surface area contributed by atoms with Gasteiger partial charge in [0.25, 0.3) is 0 Å². The third-order valence-electron chi connectivity index (χ3n) is 3.95. The number of morpholine rings is 1. The van der Waals surface area contributed by atoms with Crippen LogP contribution in [-0.2, 0) is 14.8 Å². The molecule has 1 atom stereocenters. The number of nitrogens with one attached hydrogen (secondary N) is 1. The molecule has 0 bridgehead atoms. The molecule has 6 nitrogen and oxygen atoms in total. The van der Waals surface area contributed by atoms with Crippen LogP contribution in [0.1, 0.15) is 11.8 Å². The van der Waals surface area contributed by atoms with E-state index in [1.54, 1.807) is 24.5 Å². The van der Waals surface area contributed by atoms with Crippen molar-refractivity contribution < 1.29 is 17.6 Å². The monoisotopic (exact) mass is 370 g/mol. The van der Waals surface area contributed by atoms with Gasteiger partial charge in [-0.05, 0) is 36.4 Å². The predicted octanol–water partition coefficient (Wildman–Crippen LogP) is 2.28. The van der Waals surface area contributed by atoms with E-state index in [1.165, 1.54) is 12.1 Å². The standard InChI is InChI=1S/C16H19ClN2O4S/c17-13-3-5-14(6-4-13)24(20,21)18-12-15(16-2-1-9-23-16)19-7-10-22-11-8-19/h1-6,9,15,18H,7-8,10-12H2/t15-/m0/s1. The van der Waals surface area contributed by atoms with E-state index in [0.29, 0.717) is 18.2 Å². The molecule has 2 aromatic rings. The molecule has 0 spiro atoms. The molecule has 0 saturated carbocycles. The number of furan rings is 1. The topological polar surface area (TPSA) is 71.8 Å². The smallest absolute Gasteiger partial charge is 0.240 e. The summed E-state index contributed by atoms with van der Waals surface area (Å²) in [4.78, 5) is 2.35. The first-order valence-corrected chi connectivity index (χ1v) is 9.53. The van der Waals surface area contributed by atoms with Gasteiger partial charge in [-0.2, -0.15) is 0 Å². The van der Waals surface area contributed by atoms with Crippen LogP contribution in [0.15, 0.2) is 52.0 Å². The van der Waals surface area contributed by atoms with Crippen molar-refractivity contribution in [1.82, 2.24) is 9.62 Å². The first kappa shape index (κ1) is 17.4. The van der Waals surface area contributed by atoms with E-state index in [4.69, 9.17) is 20.8 Å². The Morgan fingerprint density at radius 1 is 1.17 bits per heavy atom. The summed E-state index contributed by atoms with van der Waals surface area (Å²) in [7, 11) is -3.61. The molecule has 1 N–H and O–H groups in total. The quantitative estimate of drug-likeness (QED) is 0.844. The second-order valence-corrected chi connectivity index (χ2v) is 7.69. The van der Waals surface area contributed by atoms with Crippen molar-refractivity contribution >= 4 is 21.6 Å². The van der Waals surface area contributed by atoms with Crippen LogP contribution in [0.4, 0.5) is 0 Å². The summed E-state index contributed by atoms with van der Waals surface area (Å²) in [6.45, 7) is 2.93. The van der Waals surface area contributed by atoms with Crippen LogP contribution in [0.3, 0.4) is 0 Å². The summed E-state index contributed by atoms with van der Waals surface area (Å²) >= 11 is 5.81. The number of rotatable bonds is 6. The minimum absolute atomic E-state index is 0.175. The zero-order valence-corrected chi connectivity index (χ0v) is 14.6. The van der Waals surface area contributed by atoms with Gasteiger partial charge in [0.1, 0.15) is 5.76 Å². The zero-order chi connectivity index (χ0) is 17.0. The van der Waals surface area contributed by atoms with Crippen molar-refractivity contribution in [3.8, 4) is 0 Å². The Balaban J connectivity index is 1.74. The second-order valence-electron chi connectivity index (χ2n) is 5.49. The van der Waals surface area contributed by atoms with Crippen LogP contribution in [-0.4, -0.2) is 46.2 Å².